The van der Waals surface area contributed by atoms with Crippen molar-refractivity contribution in [3.05, 3.63) is 25.3 Å². The zero-order valence-electron chi connectivity index (χ0n) is 20.5. The highest BCUT2D eigenvalue weighted by Gasteiger charge is 2.74. The van der Waals surface area contributed by atoms with Crippen LogP contribution in [-0.4, -0.2) is 83.3 Å². The van der Waals surface area contributed by atoms with Crippen LogP contribution in [0.15, 0.2) is 25.3 Å². The quantitative estimate of drug-likeness (QED) is 0.222. The van der Waals surface area contributed by atoms with Crippen LogP contribution in [0.5, 0.6) is 0 Å². The molecule has 3 rings (SSSR count). The third kappa shape index (κ3) is 4.93. The largest absolute Gasteiger partial charge is 0.465 e. The molecule has 34 heavy (non-hydrogen) atoms. The van der Waals surface area contributed by atoms with Crippen LogP contribution >= 0.6 is 0 Å². The number of rotatable bonds is 15. The van der Waals surface area contributed by atoms with E-state index in [4.69, 9.17) is 9.47 Å². The van der Waals surface area contributed by atoms with Gasteiger partial charge in [-0.2, -0.15) is 0 Å². The molecule has 3 aliphatic heterocycles. The Balaban J connectivity index is 1.89. The first-order chi connectivity index (χ1) is 16.5. The lowest BCUT2D eigenvalue weighted by Gasteiger charge is -2.36. The van der Waals surface area contributed by atoms with E-state index in [0.29, 0.717) is 51.7 Å². The second-order valence-corrected chi connectivity index (χ2v) is 9.54. The van der Waals surface area contributed by atoms with Gasteiger partial charge in [-0.3, -0.25) is 14.4 Å². The molecule has 0 aromatic rings. The van der Waals surface area contributed by atoms with Crippen molar-refractivity contribution in [1.82, 2.24) is 9.80 Å². The average molecular weight is 477 g/mol. The number of aliphatic hydroxyl groups is 1. The SMILES string of the molecule is C=CCCCOC(=O)[C@@H]1[C@H]2C(=O)N(CCCCO)C(C(=O)N(CC=C)CCCC)C23CC[C@H]1O3. The normalized spacial score (nSPS) is 29.2. The number of carbonyl (C=O) groups is 3. The van der Waals surface area contributed by atoms with Crippen LogP contribution in [0, 0.1) is 11.8 Å². The van der Waals surface area contributed by atoms with Gasteiger partial charge in [-0.25, -0.2) is 0 Å². The van der Waals surface area contributed by atoms with Crippen LogP contribution in [0.25, 0.3) is 0 Å². The topological polar surface area (TPSA) is 96.4 Å². The van der Waals surface area contributed by atoms with Crippen LogP contribution in [-0.2, 0) is 23.9 Å². The zero-order chi connectivity index (χ0) is 24.7. The second-order valence-electron chi connectivity index (χ2n) is 9.54. The molecule has 3 aliphatic rings. The Bertz CT molecular complexity index is 770. The number of aliphatic hydroxyl groups excluding tert-OH is 1. The summed E-state index contributed by atoms with van der Waals surface area (Å²) in [6, 6.07) is -0.774. The van der Waals surface area contributed by atoms with E-state index in [-0.39, 0.29) is 25.0 Å². The molecule has 0 aromatic carbocycles. The first-order valence-electron chi connectivity index (χ1n) is 12.7. The number of unbranched alkanes of at least 4 members (excludes halogenated alkanes) is 3. The number of nitrogens with zero attached hydrogens (tertiary/aromatic N) is 2. The van der Waals surface area contributed by atoms with Gasteiger partial charge in [0.2, 0.25) is 11.8 Å². The van der Waals surface area contributed by atoms with Crippen molar-refractivity contribution in [3.63, 3.8) is 0 Å². The fourth-order valence-corrected chi connectivity index (χ4v) is 5.80. The molecule has 0 saturated carbocycles. The van der Waals surface area contributed by atoms with E-state index in [1.54, 1.807) is 22.0 Å². The highest BCUT2D eigenvalue weighted by Crippen LogP contribution is 2.58. The smallest absolute Gasteiger partial charge is 0.312 e. The van der Waals surface area contributed by atoms with Gasteiger partial charge in [-0.1, -0.05) is 25.5 Å². The maximum atomic E-state index is 13.9. The van der Waals surface area contributed by atoms with E-state index in [9.17, 15) is 19.5 Å². The summed E-state index contributed by atoms with van der Waals surface area (Å²) in [6.07, 6.45) is 8.59. The van der Waals surface area contributed by atoms with Crippen molar-refractivity contribution in [1.29, 1.82) is 0 Å². The third-order valence-corrected chi connectivity index (χ3v) is 7.35. The highest BCUT2D eigenvalue weighted by atomic mass is 16.6. The standard InChI is InChI=1S/C26H40N2O6/c1-4-7-11-18-33-25(32)20-19-12-13-26(34-19)21(20)23(30)28(16-9-10-17-29)22(26)24(31)27(14-6-3)15-8-5-2/h4,6,19-22,29H,1,3,5,7-18H2,2H3/t19-,20+,21+,22?,26?/m1/s1. The van der Waals surface area contributed by atoms with Gasteiger partial charge in [0.25, 0.3) is 0 Å². The van der Waals surface area contributed by atoms with Crippen LogP contribution < -0.4 is 0 Å². The Morgan fingerprint density at radius 3 is 2.74 bits per heavy atom. The molecule has 2 amide bonds. The molecule has 0 aliphatic carbocycles. The molecular formula is C26H40N2O6. The van der Waals surface area contributed by atoms with Gasteiger partial charge in [0.05, 0.1) is 24.5 Å². The Hall–Kier alpha value is -2.19. The number of likely N-dealkylation sites (tertiary alicyclic amines) is 1. The number of fused-ring (bicyclic) bond motifs is 1. The van der Waals surface area contributed by atoms with Gasteiger partial charge >= 0.3 is 5.97 Å². The van der Waals surface area contributed by atoms with Crippen LogP contribution in [0.2, 0.25) is 0 Å². The predicted octanol–water partition coefficient (Wildman–Crippen LogP) is 2.46. The summed E-state index contributed by atoms with van der Waals surface area (Å²) in [5, 5.41) is 9.26. The Morgan fingerprint density at radius 1 is 1.26 bits per heavy atom. The molecular weight excluding hydrogens is 436 g/mol. The minimum Gasteiger partial charge on any atom is -0.465 e. The van der Waals surface area contributed by atoms with Crippen LogP contribution in [0.3, 0.4) is 0 Å². The first kappa shape index (κ1) is 26.4. The van der Waals surface area contributed by atoms with Gasteiger partial charge in [0, 0.05) is 26.2 Å². The second kappa shape index (κ2) is 12.0. The molecule has 8 heteroatoms. The lowest BCUT2D eigenvalue weighted by Crippen LogP contribution is -2.56. The Kier molecular flexibility index (Phi) is 9.31. The molecule has 1 spiro atoms. The van der Waals surface area contributed by atoms with Crippen molar-refractivity contribution in [2.45, 2.75) is 76.0 Å². The van der Waals surface area contributed by atoms with E-state index >= 15 is 0 Å². The van der Waals surface area contributed by atoms with Gasteiger partial charge in [0.1, 0.15) is 11.6 Å². The minimum absolute atomic E-state index is 0.0204. The molecule has 5 atom stereocenters. The molecule has 8 nitrogen and oxygen atoms in total. The highest BCUT2D eigenvalue weighted by molar-refractivity contribution is 5.98. The van der Waals surface area contributed by atoms with Gasteiger partial charge in [0.15, 0.2) is 0 Å². The molecule has 0 aromatic heterocycles. The monoisotopic (exact) mass is 476 g/mol. The fourth-order valence-electron chi connectivity index (χ4n) is 5.80. The Morgan fingerprint density at radius 2 is 2.06 bits per heavy atom. The van der Waals surface area contributed by atoms with E-state index in [1.807, 2.05) is 0 Å². The first-order valence-corrected chi connectivity index (χ1v) is 12.7. The van der Waals surface area contributed by atoms with Crippen molar-refractivity contribution < 1.29 is 29.0 Å². The molecule has 190 valence electrons. The van der Waals surface area contributed by atoms with Crippen molar-refractivity contribution in [2.24, 2.45) is 11.8 Å². The number of carbonyl (C=O) groups excluding carboxylic acids is 3. The number of hydrogen-bond acceptors (Lipinski definition) is 6. The summed E-state index contributed by atoms with van der Waals surface area (Å²) in [5.74, 6) is -2.16. The zero-order valence-corrected chi connectivity index (χ0v) is 20.5. The van der Waals surface area contributed by atoms with Crippen molar-refractivity contribution in [2.75, 3.05) is 32.8 Å². The van der Waals surface area contributed by atoms with Crippen LogP contribution in [0.4, 0.5) is 0 Å². The fraction of sp³-hybridized carbons (Fsp3) is 0.731. The summed E-state index contributed by atoms with van der Waals surface area (Å²) in [4.78, 5) is 44.1. The summed E-state index contributed by atoms with van der Waals surface area (Å²) < 4.78 is 11.9. The number of hydrogen-bond donors (Lipinski definition) is 1. The molecule has 3 saturated heterocycles. The molecule has 0 radical (unpaired) electrons. The molecule has 2 unspecified atom stereocenters. The number of amides is 2. The third-order valence-electron chi connectivity index (χ3n) is 7.35. The van der Waals surface area contributed by atoms with Crippen LogP contribution in [0.1, 0.15) is 58.3 Å². The number of esters is 1. The number of allylic oxidation sites excluding steroid dienone is 1. The van der Waals surface area contributed by atoms with Crippen molar-refractivity contribution >= 4 is 17.8 Å². The summed E-state index contributed by atoms with van der Waals surface area (Å²) in [6.45, 7) is 11.2. The summed E-state index contributed by atoms with van der Waals surface area (Å²) >= 11 is 0. The van der Waals surface area contributed by atoms with Gasteiger partial charge < -0.3 is 24.4 Å². The minimum atomic E-state index is -1.01. The average Bonchev–Trinajstić information content (AvgIpc) is 3.47. The predicted molar refractivity (Wildman–Crippen MR) is 128 cm³/mol. The van der Waals surface area contributed by atoms with E-state index < -0.39 is 35.6 Å². The summed E-state index contributed by atoms with van der Waals surface area (Å²) in [5.41, 5.74) is -1.01. The molecule has 3 heterocycles. The maximum absolute atomic E-state index is 13.9. The summed E-state index contributed by atoms with van der Waals surface area (Å²) in [7, 11) is 0. The van der Waals surface area contributed by atoms with E-state index in [1.165, 1.54) is 0 Å². The Labute approximate surface area is 202 Å². The van der Waals surface area contributed by atoms with Gasteiger partial charge in [-0.15, -0.1) is 13.2 Å². The lowest BCUT2D eigenvalue weighted by molar-refractivity contribution is -0.155. The van der Waals surface area contributed by atoms with E-state index in [2.05, 4.69) is 20.1 Å². The molecule has 3 fully saturated rings. The molecule has 1 N–H and O–H groups in total. The maximum Gasteiger partial charge on any atom is 0.312 e. The number of ether oxygens (including phenoxy) is 2. The van der Waals surface area contributed by atoms with Crippen molar-refractivity contribution in [3.8, 4) is 0 Å². The molecule has 2 bridgehead atoms. The van der Waals surface area contributed by atoms with E-state index in [0.717, 1.165) is 19.3 Å². The lowest BCUT2D eigenvalue weighted by atomic mass is 9.70. The van der Waals surface area contributed by atoms with Gasteiger partial charge in [-0.05, 0) is 44.9 Å².